The van der Waals surface area contributed by atoms with Gasteiger partial charge in [-0.05, 0) is 65.7 Å². The topological polar surface area (TPSA) is 38.0 Å². The molecule has 0 aliphatic carbocycles. The van der Waals surface area contributed by atoms with Gasteiger partial charge in [-0.2, -0.15) is 5.26 Å². The van der Waals surface area contributed by atoms with Crippen LogP contribution in [0.2, 0.25) is 0 Å². The molecule has 0 saturated carbocycles. The molecule has 0 unspecified atom stereocenters. The number of thiophene rings is 2. The monoisotopic (exact) mass is 746 g/mol. The number of hydrogen-bond donors (Lipinski definition) is 0. The normalized spacial score (nSPS) is 11.9. The second kappa shape index (κ2) is 11.6. The zero-order chi connectivity index (χ0) is 37.1. The van der Waals surface area contributed by atoms with E-state index in [0.29, 0.717) is 11.3 Å². The lowest BCUT2D eigenvalue weighted by Gasteiger charge is -2.15. The zero-order valence-corrected chi connectivity index (χ0v) is 31.2. The van der Waals surface area contributed by atoms with E-state index in [9.17, 15) is 5.26 Å². The highest BCUT2D eigenvalue weighted by molar-refractivity contribution is 7.27. The lowest BCUT2D eigenvalue weighted by molar-refractivity contribution is 1.18. The van der Waals surface area contributed by atoms with Gasteiger partial charge in [0, 0.05) is 63.9 Å². The van der Waals surface area contributed by atoms with Gasteiger partial charge in [-0.25, -0.2) is 4.85 Å². The summed E-state index contributed by atoms with van der Waals surface area (Å²) in [7, 11) is 0. The maximum absolute atomic E-state index is 10.6. The van der Waals surface area contributed by atoms with E-state index < -0.39 is 0 Å². The minimum Gasteiger partial charge on any atom is -0.308 e. The molecule has 0 spiro atoms. The van der Waals surface area contributed by atoms with Gasteiger partial charge in [0.15, 0.2) is 5.69 Å². The second-order valence-electron chi connectivity index (χ2n) is 14.2. The van der Waals surface area contributed by atoms with E-state index in [1.807, 2.05) is 40.9 Å². The van der Waals surface area contributed by atoms with E-state index in [1.54, 1.807) is 0 Å². The third-order valence-corrected chi connectivity index (χ3v) is 13.8. The van der Waals surface area contributed by atoms with Crippen LogP contribution in [0.25, 0.3) is 111 Å². The Bertz CT molecular complexity index is 3500. The Labute approximate surface area is 328 Å². The van der Waals surface area contributed by atoms with Gasteiger partial charge in [0.25, 0.3) is 0 Å². The summed E-state index contributed by atoms with van der Waals surface area (Å²) in [6, 6.07) is 58.0. The number of benzene rings is 8. The van der Waals surface area contributed by atoms with E-state index in [-0.39, 0.29) is 0 Å². The average Bonchev–Trinajstić information content (AvgIpc) is 4.01. The Balaban J connectivity index is 1.14. The Morgan fingerprint density at radius 2 is 0.929 bits per heavy atom. The minimum absolute atomic E-state index is 0.504. The van der Waals surface area contributed by atoms with Crippen LogP contribution in [0.5, 0.6) is 0 Å². The van der Waals surface area contributed by atoms with Crippen molar-refractivity contribution in [2.75, 3.05) is 0 Å². The van der Waals surface area contributed by atoms with E-state index in [0.717, 1.165) is 44.6 Å². The van der Waals surface area contributed by atoms with Crippen molar-refractivity contribution in [1.82, 2.24) is 9.13 Å². The van der Waals surface area contributed by atoms with Crippen LogP contribution in [0.1, 0.15) is 5.56 Å². The summed E-state index contributed by atoms with van der Waals surface area (Å²) in [6.07, 6.45) is 0. The van der Waals surface area contributed by atoms with Crippen LogP contribution in [0.15, 0.2) is 158 Å². The maximum Gasteiger partial charge on any atom is 0.195 e. The summed E-state index contributed by atoms with van der Waals surface area (Å²) in [5, 5.41) is 20.3. The molecule has 0 amide bonds. The van der Waals surface area contributed by atoms with Crippen molar-refractivity contribution in [1.29, 1.82) is 5.26 Å². The lowest BCUT2D eigenvalue weighted by atomic mass is 9.97. The number of nitriles is 1. The molecule has 4 aromatic heterocycles. The first-order valence-electron chi connectivity index (χ1n) is 18.4. The van der Waals surface area contributed by atoms with Gasteiger partial charge >= 0.3 is 0 Å². The molecule has 6 heteroatoms. The summed E-state index contributed by atoms with van der Waals surface area (Å²) < 4.78 is 9.66. The largest absolute Gasteiger partial charge is 0.308 e. The van der Waals surface area contributed by atoms with Crippen LogP contribution in [0.4, 0.5) is 5.69 Å². The fraction of sp³-hybridized carbons (Fsp3) is 0. The molecule has 12 aromatic rings. The van der Waals surface area contributed by atoms with Crippen molar-refractivity contribution in [3.8, 4) is 28.6 Å². The average molecular weight is 747 g/mol. The third-order valence-electron chi connectivity index (χ3n) is 11.4. The van der Waals surface area contributed by atoms with Crippen molar-refractivity contribution < 1.29 is 0 Å². The van der Waals surface area contributed by atoms with Crippen molar-refractivity contribution in [2.45, 2.75) is 0 Å². The molecule has 0 saturated heterocycles. The number of aromatic nitrogens is 2. The van der Waals surface area contributed by atoms with Gasteiger partial charge in [-0.1, -0.05) is 103 Å². The second-order valence-corrected chi connectivity index (χ2v) is 16.3. The predicted molar refractivity (Wildman–Crippen MR) is 237 cm³/mol. The molecule has 0 atom stereocenters. The molecule has 0 N–H and O–H groups in total. The summed E-state index contributed by atoms with van der Waals surface area (Å²) in [4.78, 5) is 4.03. The Morgan fingerprint density at radius 3 is 1.46 bits per heavy atom. The molecule has 0 fully saturated rings. The van der Waals surface area contributed by atoms with E-state index in [2.05, 4.69) is 160 Å². The number of nitrogens with zero attached hydrogens (tertiary/aromatic N) is 4. The van der Waals surface area contributed by atoms with Gasteiger partial charge in [-0.15, -0.1) is 22.7 Å². The van der Waals surface area contributed by atoms with Crippen LogP contribution in [-0.4, -0.2) is 9.13 Å². The Kier molecular flexibility index (Phi) is 6.48. The number of hydrogen-bond acceptors (Lipinski definition) is 3. The maximum atomic E-state index is 10.6. The smallest absolute Gasteiger partial charge is 0.195 e. The minimum atomic E-state index is 0.504. The fourth-order valence-electron chi connectivity index (χ4n) is 8.97. The van der Waals surface area contributed by atoms with Crippen LogP contribution in [-0.2, 0) is 0 Å². The first-order valence-corrected chi connectivity index (χ1v) is 20.1. The molecule has 0 radical (unpaired) electrons. The molecular weight excluding hydrogens is 721 g/mol. The van der Waals surface area contributed by atoms with Gasteiger partial charge in [0.05, 0.1) is 49.7 Å². The van der Waals surface area contributed by atoms with Crippen molar-refractivity contribution in [3.05, 3.63) is 175 Å². The molecule has 12 rings (SSSR count). The molecular formula is C50H26N4S2. The number of fused-ring (bicyclic) bond motifs is 14. The van der Waals surface area contributed by atoms with E-state index >= 15 is 0 Å². The molecule has 0 bridgehead atoms. The van der Waals surface area contributed by atoms with Crippen molar-refractivity contribution >= 4 is 112 Å². The summed E-state index contributed by atoms with van der Waals surface area (Å²) >= 11 is 3.64. The molecule has 0 aliphatic heterocycles. The molecule has 258 valence electrons. The Morgan fingerprint density at radius 1 is 0.464 bits per heavy atom. The van der Waals surface area contributed by atoms with E-state index in [1.165, 1.54) is 61.9 Å². The SMILES string of the molecule is [C-]#[N+]c1ccc(-n2c3ccccc3c3ccc4c5ccccc5sc4c32)cc1-c1cc(-n2c3ccccc3c3ccc4c5ccccc5sc4c32)ccc1C#N. The number of rotatable bonds is 3. The number of para-hydroxylation sites is 2. The van der Waals surface area contributed by atoms with Crippen LogP contribution in [0.3, 0.4) is 0 Å². The summed E-state index contributed by atoms with van der Waals surface area (Å²) in [5.74, 6) is 0. The predicted octanol–water partition coefficient (Wildman–Crippen LogP) is 14.7. The highest BCUT2D eigenvalue weighted by Gasteiger charge is 2.22. The third kappa shape index (κ3) is 4.20. The Hall–Kier alpha value is -7.22. The fourth-order valence-corrected chi connectivity index (χ4v) is 11.4. The zero-order valence-electron chi connectivity index (χ0n) is 29.6. The van der Waals surface area contributed by atoms with Crippen LogP contribution in [0, 0.1) is 17.9 Å². The molecule has 4 heterocycles. The highest BCUT2D eigenvalue weighted by atomic mass is 32.1. The molecule has 56 heavy (non-hydrogen) atoms. The van der Waals surface area contributed by atoms with Crippen LogP contribution < -0.4 is 0 Å². The summed E-state index contributed by atoms with van der Waals surface area (Å²) in [6.45, 7) is 8.32. The lowest BCUT2D eigenvalue weighted by Crippen LogP contribution is -1.98. The van der Waals surface area contributed by atoms with Gasteiger partial charge in [-0.3, -0.25) is 0 Å². The van der Waals surface area contributed by atoms with Gasteiger partial charge in [0.1, 0.15) is 0 Å². The molecule has 4 nitrogen and oxygen atoms in total. The standard InChI is InChI=1S/C50H26N4S2/c1-52-42-25-20-31(54-44-15-7-3-11-33(44)37-22-24-39-35-13-5-9-17-46(35)56-50(39)48(37)54)27-41(42)40-26-30(19-18-29(40)28-51)53-43-14-6-2-10-32(43)36-21-23-38-34-12-4-8-16-45(34)55-49(38)47(36)53/h2-27H. The highest BCUT2D eigenvalue weighted by Crippen LogP contribution is 2.46. The molecule has 0 aliphatic rings. The quantitative estimate of drug-likeness (QED) is 0.166. The molecule has 8 aromatic carbocycles. The van der Waals surface area contributed by atoms with Crippen molar-refractivity contribution in [2.24, 2.45) is 0 Å². The van der Waals surface area contributed by atoms with Crippen LogP contribution >= 0.6 is 22.7 Å². The summed E-state index contributed by atoms with van der Waals surface area (Å²) in [5.41, 5.74) is 8.89. The first-order chi connectivity index (χ1) is 27.7. The van der Waals surface area contributed by atoms with Crippen molar-refractivity contribution in [3.63, 3.8) is 0 Å². The van der Waals surface area contributed by atoms with Gasteiger partial charge in [0.2, 0.25) is 0 Å². The first kappa shape index (κ1) is 31.2. The van der Waals surface area contributed by atoms with E-state index in [4.69, 9.17) is 6.57 Å². The van der Waals surface area contributed by atoms with Gasteiger partial charge < -0.3 is 9.13 Å².